The van der Waals surface area contributed by atoms with Gasteiger partial charge in [-0.3, -0.25) is 0 Å². The Kier molecular flexibility index (Phi) is 5.93. The van der Waals surface area contributed by atoms with Crippen LogP contribution in [0.25, 0.3) is 11.0 Å². The van der Waals surface area contributed by atoms with Crippen LogP contribution in [0, 0.1) is 13.8 Å². The second kappa shape index (κ2) is 9.03. The van der Waals surface area contributed by atoms with Crippen molar-refractivity contribution >= 4 is 38.4 Å². The van der Waals surface area contributed by atoms with Gasteiger partial charge in [-0.1, -0.05) is 35.0 Å². The molecule has 0 aliphatic carbocycles. The zero-order chi connectivity index (χ0) is 23.7. The van der Waals surface area contributed by atoms with E-state index in [4.69, 9.17) is 4.52 Å². The molecule has 1 aliphatic rings. The molecule has 2 aromatic heterocycles. The smallest absolute Gasteiger partial charge is 0.227 e. The molecule has 0 radical (unpaired) electrons. The second-order valence-electron chi connectivity index (χ2n) is 8.45. The van der Waals surface area contributed by atoms with E-state index >= 15 is 0 Å². The number of aromatic nitrogens is 3. The summed E-state index contributed by atoms with van der Waals surface area (Å²) in [6.07, 6.45) is 0. The summed E-state index contributed by atoms with van der Waals surface area (Å²) in [6.45, 7) is 5.70. The van der Waals surface area contributed by atoms with Crippen molar-refractivity contribution in [3.8, 4) is 0 Å². The highest BCUT2D eigenvalue weighted by Gasteiger charge is 2.29. The Morgan fingerprint density at radius 2 is 1.71 bits per heavy atom. The van der Waals surface area contributed by atoms with Gasteiger partial charge in [0.25, 0.3) is 0 Å². The maximum atomic E-state index is 13.1. The second-order valence-corrected chi connectivity index (χ2v) is 10.4. The molecule has 1 fully saturated rings. The predicted octanol–water partition coefficient (Wildman–Crippen LogP) is 3.63. The SMILES string of the molecule is Cc1ccc(Nc2cc(C)nc(N3CCN(S(=O)(=O)Cc4noc5ccccc45)CC3)n2)cc1. The van der Waals surface area contributed by atoms with E-state index in [9.17, 15) is 8.42 Å². The lowest BCUT2D eigenvalue weighted by Gasteiger charge is -2.34. The molecular formula is C24H26N6O3S. The summed E-state index contributed by atoms with van der Waals surface area (Å²) in [5.41, 5.74) is 4.00. The lowest BCUT2D eigenvalue weighted by molar-refractivity contribution is 0.380. The number of para-hydroxylation sites is 1. The Morgan fingerprint density at radius 3 is 2.47 bits per heavy atom. The standard InChI is InChI=1S/C24H26N6O3S/c1-17-7-9-19(10-8-17)26-23-15-18(2)25-24(27-23)29-11-13-30(14-12-29)34(31,32)16-21-20-5-3-4-6-22(20)33-28-21/h3-10,15H,11-14,16H2,1-2H3,(H,25,26,27). The molecule has 0 unspecified atom stereocenters. The van der Waals surface area contributed by atoms with Gasteiger partial charge in [0, 0.05) is 49.0 Å². The molecule has 0 amide bonds. The number of fused-ring (bicyclic) bond motifs is 1. The number of hydrogen-bond donors (Lipinski definition) is 1. The van der Waals surface area contributed by atoms with Gasteiger partial charge in [-0.25, -0.2) is 13.4 Å². The van der Waals surface area contributed by atoms with Crippen LogP contribution in [0.2, 0.25) is 0 Å². The number of anilines is 3. The van der Waals surface area contributed by atoms with E-state index in [2.05, 4.69) is 20.4 Å². The topological polar surface area (TPSA) is 104 Å². The molecule has 0 saturated carbocycles. The summed E-state index contributed by atoms with van der Waals surface area (Å²) in [7, 11) is -3.53. The van der Waals surface area contributed by atoms with Gasteiger partial charge < -0.3 is 14.7 Å². The van der Waals surface area contributed by atoms with Crippen molar-refractivity contribution in [2.24, 2.45) is 0 Å². The molecule has 4 aromatic rings. The van der Waals surface area contributed by atoms with E-state index in [1.54, 1.807) is 6.07 Å². The molecule has 1 saturated heterocycles. The van der Waals surface area contributed by atoms with Crippen molar-refractivity contribution < 1.29 is 12.9 Å². The number of benzene rings is 2. The average Bonchev–Trinajstić information content (AvgIpc) is 3.22. The van der Waals surface area contributed by atoms with Gasteiger partial charge in [0.1, 0.15) is 17.3 Å². The minimum Gasteiger partial charge on any atom is -0.356 e. The van der Waals surface area contributed by atoms with E-state index in [0.29, 0.717) is 49.2 Å². The van der Waals surface area contributed by atoms with Crippen LogP contribution < -0.4 is 10.2 Å². The van der Waals surface area contributed by atoms with Crippen LogP contribution in [0.15, 0.2) is 59.1 Å². The van der Waals surface area contributed by atoms with Gasteiger partial charge in [0.05, 0.1) is 0 Å². The molecule has 1 N–H and O–H groups in total. The zero-order valence-corrected chi connectivity index (χ0v) is 19.9. The van der Waals surface area contributed by atoms with Gasteiger partial charge in [0.2, 0.25) is 16.0 Å². The van der Waals surface area contributed by atoms with Crippen LogP contribution in [0.4, 0.5) is 17.5 Å². The summed E-state index contributed by atoms with van der Waals surface area (Å²) in [5.74, 6) is 1.11. The maximum absolute atomic E-state index is 13.1. The molecule has 1 aliphatic heterocycles. The molecule has 0 bridgehead atoms. The third-order valence-electron chi connectivity index (χ3n) is 5.85. The maximum Gasteiger partial charge on any atom is 0.227 e. The number of nitrogens with zero attached hydrogens (tertiary/aromatic N) is 5. The predicted molar refractivity (Wildman–Crippen MR) is 132 cm³/mol. The van der Waals surface area contributed by atoms with Crippen LogP contribution in [0.1, 0.15) is 17.0 Å². The summed E-state index contributed by atoms with van der Waals surface area (Å²) in [6, 6.07) is 17.3. The molecule has 2 aromatic carbocycles. The highest BCUT2D eigenvalue weighted by molar-refractivity contribution is 7.88. The van der Waals surface area contributed by atoms with Crippen LogP contribution in [0.3, 0.4) is 0 Å². The molecule has 176 valence electrons. The minimum atomic E-state index is -3.53. The molecule has 0 spiro atoms. The number of rotatable bonds is 6. The lowest BCUT2D eigenvalue weighted by atomic mass is 10.2. The molecule has 3 heterocycles. The van der Waals surface area contributed by atoms with Crippen molar-refractivity contribution in [2.45, 2.75) is 19.6 Å². The number of sulfonamides is 1. The summed E-state index contributed by atoms with van der Waals surface area (Å²) in [4.78, 5) is 11.3. The Balaban J connectivity index is 1.26. The Bertz CT molecular complexity index is 1410. The Labute approximate surface area is 198 Å². The first-order chi connectivity index (χ1) is 16.4. The lowest BCUT2D eigenvalue weighted by Crippen LogP contribution is -2.49. The first-order valence-corrected chi connectivity index (χ1v) is 12.7. The van der Waals surface area contributed by atoms with Gasteiger partial charge in [-0.15, -0.1) is 0 Å². The van der Waals surface area contributed by atoms with E-state index < -0.39 is 10.0 Å². The largest absolute Gasteiger partial charge is 0.356 e. The van der Waals surface area contributed by atoms with Crippen molar-refractivity contribution in [1.29, 1.82) is 0 Å². The normalized spacial score (nSPS) is 15.1. The third kappa shape index (κ3) is 4.73. The molecule has 0 atom stereocenters. The van der Waals surface area contributed by atoms with Crippen molar-refractivity contribution in [3.05, 3.63) is 71.5 Å². The quantitative estimate of drug-likeness (QED) is 0.448. The Hall–Kier alpha value is -3.50. The van der Waals surface area contributed by atoms with Crippen LogP contribution in [-0.4, -0.2) is 54.0 Å². The number of hydrogen-bond acceptors (Lipinski definition) is 8. The monoisotopic (exact) mass is 478 g/mol. The molecule has 34 heavy (non-hydrogen) atoms. The van der Waals surface area contributed by atoms with Crippen molar-refractivity contribution in [3.63, 3.8) is 0 Å². The fourth-order valence-electron chi connectivity index (χ4n) is 4.02. The van der Waals surface area contributed by atoms with Crippen LogP contribution in [0.5, 0.6) is 0 Å². The number of aryl methyl sites for hydroxylation is 2. The average molecular weight is 479 g/mol. The molecule has 9 nitrogen and oxygen atoms in total. The van der Waals surface area contributed by atoms with E-state index in [0.717, 1.165) is 16.8 Å². The van der Waals surface area contributed by atoms with E-state index in [-0.39, 0.29) is 5.75 Å². The highest BCUT2D eigenvalue weighted by Crippen LogP contribution is 2.23. The van der Waals surface area contributed by atoms with Crippen molar-refractivity contribution in [1.82, 2.24) is 19.4 Å². The first-order valence-electron chi connectivity index (χ1n) is 11.1. The molecule has 10 heteroatoms. The van der Waals surface area contributed by atoms with Gasteiger partial charge in [-0.2, -0.15) is 9.29 Å². The summed E-state index contributed by atoms with van der Waals surface area (Å²) < 4.78 is 32.9. The number of piperazine rings is 1. The molecule has 5 rings (SSSR count). The zero-order valence-electron chi connectivity index (χ0n) is 19.1. The summed E-state index contributed by atoms with van der Waals surface area (Å²) in [5, 5.41) is 8.03. The fourth-order valence-corrected chi connectivity index (χ4v) is 5.47. The highest BCUT2D eigenvalue weighted by atomic mass is 32.2. The van der Waals surface area contributed by atoms with Crippen molar-refractivity contribution in [2.75, 3.05) is 36.4 Å². The number of nitrogens with one attached hydrogen (secondary N) is 1. The van der Waals surface area contributed by atoms with Crippen LogP contribution >= 0.6 is 0 Å². The third-order valence-corrected chi connectivity index (χ3v) is 7.64. The van der Waals surface area contributed by atoms with Gasteiger partial charge in [-0.05, 0) is 38.1 Å². The first kappa shape index (κ1) is 22.3. The minimum absolute atomic E-state index is 0.185. The van der Waals surface area contributed by atoms with Gasteiger partial charge >= 0.3 is 0 Å². The van der Waals surface area contributed by atoms with E-state index in [1.165, 1.54) is 9.87 Å². The summed E-state index contributed by atoms with van der Waals surface area (Å²) >= 11 is 0. The molecular weight excluding hydrogens is 452 g/mol. The van der Waals surface area contributed by atoms with Gasteiger partial charge in [0.15, 0.2) is 5.58 Å². The van der Waals surface area contributed by atoms with Crippen LogP contribution in [-0.2, 0) is 15.8 Å². The fraction of sp³-hybridized carbons (Fsp3) is 0.292. The Morgan fingerprint density at radius 1 is 0.971 bits per heavy atom. The van der Waals surface area contributed by atoms with E-state index in [1.807, 2.05) is 67.3 Å².